The Morgan fingerprint density at radius 1 is 1.07 bits per heavy atom. The molecule has 1 aromatic carbocycles. The van der Waals surface area contributed by atoms with Crippen molar-refractivity contribution in [1.29, 1.82) is 0 Å². The normalized spacial score (nSPS) is 24.1. The molecule has 3 fully saturated rings. The molecule has 44 heavy (non-hydrogen) atoms. The Kier molecular flexibility index (Phi) is 7.50. The van der Waals surface area contributed by atoms with Gasteiger partial charge in [-0.2, -0.15) is 0 Å². The van der Waals surface area contributed by atoms with E-state index in [9.17, 15) is 9.59 Å². The van der Waals surface area contributed by atoms with Crippen molar-refractivity contribution in [3.63, 3.8) is 0 Å². The quantitative estimate of drug-likeness (QED) is 0.410. The van der Waals surface area contributed by atoms with Crippen LogP contribution in [-0.2, 0) is 22.4 Å². The van der Waals surface area contributed by atoms with Gasteiger partial charge in [0.1, 0.15) is 11.2 Å². The van der Waals surface area contributed by atoms with Crippen LogP contribution in [-0.4, -0.2) is 106 Å². The van der Waals surface area contributed by atoms with Gasteiger partial charge in [-0.25, -0.2) is 14.6 Å². The maximum atomic E-state index is 13.9. The predicted octanol–water partition coefficient (Wildman–Crippen LogP) is 5.45. The average Bonchev–Trinajstić information content (AvgIpc) is 3.45. The highest BCUT2D eigenvalue weighted by atomic mass is 35.5. The summed E-state index contributed by atoms with van der Waals surface area (Å²) in [6, 6.07) is 7.04. The molecule has 234 valence electrons. The lowest BCUT2D eigenvalue weighted by atomic mass is 9.87. The van der Waals surface area contributed by atoms with Gasteiger partial charge in [-0.15, -0.1) is 0 Å². The number of morpholine rings is 1. The second-order valence-corrected chi connectivity index (χ2v) is 14.0. The Labute approximate surface area is 263 Å². The van der Waals surface area contributed by atoms with Gasteiger partial charge in [0.2, 0.25) is 0 Å². The first-order chi connectivity index (χ1) is 21.1. The van der Waals surface area contributed by atoms with Gasteiger partial charge in [-0.3, -0.25) is 9.80 Å². The van der Waals surface area contributed by atoms with Crippen LogP contribution in [0.2, 0.25) is 5.02 Å². The first kappa shape index (κ1) is 29.4. The molecule has 6 heterocycles. The summed E-state index contributed by atoms with van der Waals surface area (Å²) in [5.74, 6) is 0. The number of pyridine rings is 1. The fourth-order valence-electron chi connectivity index (χ4n) is 7.32. The summed E-state index contributed by atoms with van der Waals surface area (Å²) >= 11 is 6.46. The van der Waals surface area contributed by atoms with Crippen molar-refractivity contribution in [3.05, 3.63) is 52.3 Å². The third kappa shape index (κ3) is 5.41. The number of carbonyl (C=O) groups is 2. The van der Waals surface area contributed by atoms with Crippen LogP contribution in [0, 0.1) is 0 Å². The number of rotatable bonds is 2. The Hall–Kier alpha value is -3.34. The molecule has 3 atom stereocenters. The van der Waals surface area contributed by atoms with E-state index in [1.54, 1.807) is 11.1 Å². The van der Waals surface area contributed by atoms with Crippen LogP contribution in [0.25, 0.3) is 22.2 Å². The summed E-state index contributed by atoms with van der Waals surface area (Å²) in [5.41, 5.74) is 5.30. The number of piperazine rings is 1. The number of aromatic nitrogens is 2. The number of hydrogen-bond donors (Lipinski definition) is 1. The minimum absolute atomic E-state index is 0.108. The maximum Gasteiger partial charge on any atom is 0.410 e. The van der Waals surface area contributed by atoms with E-state index in [0.29, 0.717) is 50.0 Å². The van der Waals surface area contributed by atoms with E-state index in [1.165, 1.54) is 5.56 Å². The number of carbonyl (C=O) groups excluding carboxylic acids is 2. The van der Waals surface area contributed by atoms with Gasteiger partial charge >= 0.3 is 12.1 Å². The molecule has 2 unspecified atom stereocenters. The zero-order valence-electron chi connectivity index (χ0n) is 25.9. The lowest BCUT2D eigenvalue weighted by Gasteiger charge is -2.43. The van der Waals surface area contributed by atoms with Gasteiger partial charge in [0.25, 0.3) is 0 Å². The van der Waals surface area contributed by atoms with Crippen LogP contribution < -0.4 is 0 Å². The number of benzene rings is 1. The molecule has 11 heteroatoms. The fraction of sp³-hybridized carbons (Fsp3) is 0.545. The second kappa shape index (κ2) is 11.2. The van der Waals surface area contributed by atoms with E-state index in [0.717, 1.165) is 65.6 Å². The number of urea groups is 1. The van der Waals surface area contributed by atoms with Crippen molar-refractivity contribution in [2.75, 3.05) is 46.4 Å². The number of nitrogens with one attached hydrogen (secondary N) is 1. The number of amides is 3. The molecule has 2 aromatic heterocycles. The molecule has 3 saturated heterocycles. The largest absolute Gasteiger partial charge is 0.444 e. The third-order valence-corrected chi connectivity index (χ3v) is 10.0. The summed E-state index contributed by atoms with van der Waals surface area (Å²) in [6.07, 6.45) is 6.27. The minimum atomic E-state index is -0.622. The number of fused-ring (bicyclic) bond motifs is 4. The third-order valence-electron chi connectivity index (χ3n) is 9.69. The monoisotopic (exact) mass is 620 g/mol. The Bertz CT molecular complexity index is 1590. The standard InChI is InChI=1S/C33H41ClN6O4/c1-33(2,3)44-32(42)40-9-10-43-19-29(40)25-12-21(22-13-26-28(34)15-36-30(26)35-14-22)11-20-7-8-38(18-27(20)25)31(41)39-16-23-5-6-24(17-39)37(23)4/h11-15,23-24,29H,5-10,16-19H2,1-4H3,(H,35,36)/t23?,24?,29-/m0/s1. The smallest absolute Gasteiger partial charge is 0.410 e. The number of hydrogen-bond acceptors (Lipinski definition) is 6. The van der Waals surface area contributed by atoms with Gasteiger partial charge < -0.3 is 24.3 Å². The van der Waals surface area contributed by atoms with Crippen molar-refractivity contribution in [1.82, 2.24) is 29.6 Å². The number of aromatic amines is 1. The number of H-pyrrole nitrogens is 1. The zero-order valence-corrected chi connectivity index (χ0v) is 26.7. The first-order valence-corrected chi connectivity index (χ1v) is 16.1. The summed E-state index contributed by atoms with van der Waals surface area (Å²) in [5, 5.41) is 1.48. The number of likely N-dealkylation sites (tertiary alicyclic amines) is 1. The van der Waals surface area contributed by atoms with Crippen LogP contribution in [0.5, 0.6) is 0 Å². The highest BCUT2D eigenvalue weighted by molar-refractivity contribution is 6.35. The molecule has 0 aliphatic carbocycles. The molecule has 2 bridgehead atoms. The summed E-state index contributed by atoms with van der Waals surface area (Å²) in [7, 11) is 2.19. The summed E-state index contributed by atoms with van der Waals surface area (Å²) in [4.78, 5) is 43.4. The molecular weight excluding hydrogens is 580 g/mol. The van der Waals surface area contributed by atoms with Crippen LogP contribution in [0.4, 0.5) is 9.59 Å². The van der Waals surface area contributed by atoms with Crippen molar-refractivity contribution in [2.45, 2.75) is 70.3 Å². The molecule has 3 aromatic rings. The first-order valence-electron chi connectivity index (χ1n) is 15.7. The molecule has 3 amide bonds. The van der Waals surface area contributed by atoms with E-state index >= 15 is 0 Å². The van der Waals surface area contributed by atoms with E-state index in [2.05, 4.69) is 45.0 Å². The number of likely N-dealkylation sites (N-methyl/N-ethyl adjacent to an activating group) is 1. The zero-order chi connectivity index (χ0) is 30.7. The van der Waals surface area contributed by atoms with Gasteiger partial charge in [-0.1, -0.05) is 17.7 Å². The van der Waals surface area contributed by atoms with E-state index in [1.807, 2.05) is 31.9 Å². The second-order valence-electron chi connectivity index (χ2n) is 13.6. The molecule has 4 aliphatic heterocycles. The highest BCUT2D eigenvalue weighted by Crippen LogP contribution is 2.38. The Balaban J connectivity index is 1.26. The van der Waals surface area contributed by atoms with Gasteiger partial charge in [0.05, 0.1) is 24.3 Å². The highest BCUT2D eigenvalue weighted by Gasteiger charge is 2.41. The summed E-state index contributed by atoms with van der Waals surface area (Å²) in [6.45, 7) is 9.57. The SMILES string of the molecule is CN1C2CCC1CN(C(=O)N1CCc3cc(-c4cnc5[nH]cc(Cl)c5c4)cc([C@@H]4COCCN4C(=O)OC(C)(C)C)c3C1)C2. The minimum Gasteiger partial charge on any atom is -0.444 e. The molecule has 7 rings (SSSR count). The molecule has 0 radical (unpaired) electrons. The molecule has 0 saturated carbocycles. The number of halogens is 1. The van der Waals surface area contributed by atoms with Crippen molar-refractivity contribution >= 4 is 34.8 Å². The van der Waals surface area contributed by atoms with Crippen LogP contribution in [0.15, 0.2) is 30.6 Å². The number of ether oxygens (including phenoxy) is 2. The van der Waals surface area contributed by atoms with Gasteiger partial charge in [0, 0.05) is 68.2 Å². The van der Waals surface area contributed by atoms with Gasteiger partial charge in [0.15, 0.2) is 0 Å². The van der Waals surface area contributed by atoms with E-state index in [-0.39, 0.29) is 18.2 Å². The van der Waals surface area contributed by atoms with Crippen LogP contribution in [0.3, 0.4) is 0 Å². The average molecular weight is 621 g/mol. The number of nitrogens with zero attached hydrogens (tertiary/aromatic N) is 5. The lowest BCUT2D eigenvalue weighted by Crippen LogP contribution is -2.57. The molecule has 1 N–H and O–H groups in total. The van der Waals surface area contributed by atoms with E-state index in [4.69, 9.17) is 21.1 Å². The van der Waals surface area contributed by atoms with Crippen LogP contribution in [0.1, 0.15) is 56.3 Å². The summed E-state index contributed by atoms with van der Waals surface area (Å²) < 4.78 is 11.8. The van der Waals surface area contributed by atoms with Gasteiger partial charge in [-0.05, 0) is 81.5 Å². The lowest BCUT2D eigenvalue weighted by molar-refractivity contribution is -0.0334. The van der Waals surface area contributed by atoms with Crippen LogP contribution >= 0.6 is 11.6 Å². The Morgan fingerprint density at radius 2 is 1.84 bits per heavy atom. The van der Waals surface area contributed by atoms with E-state index < -0.39 is 5.60 Å². The molecule has 4 aliphatic rings. The predicted molar refractivity (Wildman–Crippen MR) is 169 cm³/mol. The van der Waals surface area contributed by atoms with Crippen molar-refractivity contribution < 1.29 is 19.1 Å². The van der Waals surface area contributed by atoms with Crippen molar-refractivity contribution in [3.8, 4) is 11.1 Å². The molecular formula is C33H41ClN6O4. The van der Waals surface area contributed by atoms with Crippen molar-refractivity contribution in [2.24, 2.45) is 0 Å². The Morgan fingerprint density at radius 3 is 2.59 bits per heavy atom. The molecule has 10 nitrogen and oxygen atoms in total. The topological polar surface area (TPSA) is 94.2 Å². The molecule has 0 spiro atoms. The fourth-order valence-corrected chi connectivity index (χ4v) is 7.52. The maximum absolute atomic E-state index is 13.9.